The maximum atomic E-state index is 12.9. The lowest BCUT2D eigenvalue weighted by Gasteiger charge is -2.11. The van der Waals surface area contributed by atoms with Crippen molar-refractivity contribution in [2.24, 2.45) is 5.73 Å². The third-order valence-corrected chi connectivity index (χ3v) is 4.41. The van der Waals surface area contributed by atoms with Gasteiger partial charge in [-0.15, -0.1) is 0 Å². The average Bonchev–Trinajstić information content (AvgIpc) is 3.11. The Balaban J connectivity index is 0.000000237. The van der Waals surface area contributed by atoms with Crippen LogP contribution < -0.4 is 5.73 Å². The van der Waals surface area contributed by atoms with E-state index in [1.54, 1.807) is 30.3 Å². The summed E-state index contributed by atoms with van der Waals surface area (Å²) in [6, 6.07) is 13.1. The highest BCUT2D eigenvalue weighted by Gasteiger charge is 2.40. The number of nitrogens with zero attached hydrogens (tertiary/aromatic N) is 2. The number of hydrogen-bond donors (Lipinski definition) is 1. The molecule has 0 aliphatic rings. The number of halogens is 6. The van der Waals surface area contributed by atoms with Gasteiger partial charge in [0.15, 0.2) is 5.69 Å². The van der Waals surface area contributed by atoms with Gasteiger partial charge in [-0.1, -0.05) is 47.5 Å². The fraction of sp³-hybridized carbons (Fsp3) is 0.111. The maximum absolute atomic E-state index is 12.9. The molecule has 4 nitrogen and oxygen atoms in total. The van der Waals surface area contributed by atoms with E-state index in [0.717, 1.165) is 11.8 Å². The van der Waals surface area contributed by atoms with E-state index in [0.29, 0.717) is 21.3 Å². The van der Waals surface area contributed by atoms with Crippen molar-refractivity contribution in [2.75, 3.05) is 0 Å². The fourth-order valence-electron chi connectivity index (χ4n) is 2.20. The molecule has 1 heterocycles. The van der Waals surface area contributed by atoms with Gasteiger partial charge in [0.05, 0.1) is 27.5 Å². The van der Waals surface area contributed by atoms with Crippen LogP contribution in [-0.4, -0.2) is 15.0 Å². The molecule has 0 aliphatic heterocycles. The third-order valence-electron chi connectivity index (χ3n) is 3.47. The van der Waals surface area contributed by atoms with E-state index in [4.69, 9.17) is 40.5 Å². The lowest BCUT2D eigenvalue weighted by molar-refractivity contribution is -0.143. The Labute approximate surface area is 173 Å². The van der Waals surface area contributed by atoms with Crippen LogP contribution in [0.5, 0.6) is 0 Å². The topological polar surface area (TPSA) is 60.9 Å². The number of nitrogens with two attached hydrogens (primary N) is 1. The normalized spacial score (nSPS) is 11.0. The van der Waals surface area contributed by atoms with Crippen LogP contribution in [0.4, 0.5) is 13.2 Å². The molecule has 3 aromatic rings. The highest BCUT2D eigenvalue weighted by atomic mass is 35.5. The number of carbonyl (C=O) groups is 1. The van der Waals surface area contributed by atoms with Crippen molar-refractivity contribution in [3.63, 3.8) is 0 Å². The van der Waals surface area contributed by atoms with E-state index >= 15 is 0 Å². The zero-order valence-electron chi connectivity index (χ0n) is 14.1. The lowest BCUT2D eigenvalue weighted by atomic mass is 10.2. The molecule has 0 unspecified atom stereocenters. The molecular weight excluding hydrogens is 438 g/mol. The first kappa shape index (κ1) is 22.2. The van der Waals surface area contributed by atoms with Gasteiger partial charge in [-0.2, -0.15) is 18.3 Å². The summed E-state index contributed by atoms with van der Waals surface area (Å²) >= 11 is 16.5. The molecule has 0 saturated heterocycles. The number of benzene rings is 2. The lowest BCUT2D eigenvalue weighted by Crippen LogP contribution is -2.16. The van der Waals surface area contributed by atoms with Crippen molar-refractivity contribution < 1.29 is 18.0 Å². The molecule has 0 radical (unpaired) electrons. The first-order valence-corrected chi connectivity index (χ1v) is 8.83. The highest BCUT2D eigenvalue weighted by molar-refractivity contribution is 6.67. The number of hydrogen-bond acceptors (Lipinski definition) is 3. The van der Waals surface area contributed by atoms with Gasteiger partial charge in [0.2, 0.25) is 0 Å². The molecule has 10 heteroatoms. The average molecular weight is 451 g/mol. The second-order valence-electron chi connectivity index (χ2n) is 5.38. The summed E-state index contributed by atoms with van der Waals surface area (Å²) in [4.78, 5) is 11.0. The van der Waals surface area contributed by atoms with Crippen LogP contribution in [0, 0.1) is 0 Å². The summed E-state index contributed by atoms with van der Waals surface area (Å²) in [5, 5.41) is 3.50. The molecule has 0 fully saturated rings. The van der Waals surface area contributed by atoms with Crippen LogP contribution in [-0.2, 0) is 12.7 Å². The largest absolute Gasteiger partial charge is 0.434 e. The van der Waals surface area contributed by atoms with Crippen molar-refractivity contribution in [1.29, 1.82) is 0 Å². The Kier molecular flexibility index (Phi) is 7.48. The zero-order chi connectivity index (χ0) is 20.9. The fourth-order valence-corrected chi connectivity index (χ4v) is 2.66. The van der Waals surface area contributed by atoms with Gasteiger partial charge in [0, 0.05) is 6.54 Å². The van der Waals surface area contributed by atoms with Crippen LogP contribution in [0.3, 0.4) is 0 Å². The third kappa shape index (κ3) is 5.48. The van der Waals surface area contributed by atoms with Gasteiger partial charge in [0.1, 0.15) is 0 Å². The van der Waals surface area contributed by atoms with Crippen molar-refractivity contribution in [2.45, 2.75) is 12.7 Å². The molecule has 0 amide bonds. The Morgan fingerprint density at radius 3 is 2.21 bits per heavy atom. The monoisotopic (exact) mass is 449 g/mol. The molecule has 0 spiro atoms. The second-order valence-corrected chi connectivity index (χ2v) is 6.54. The Hall–Kier alpha value is -2.06. The van der Waals surface area contributed by atoms with Crippen LogP contribution in [0.2, 0.25) is 10.0 Å². The van der Waals surface area contributed by atoms with Crippen LogP contribution in [0.1, 0.15) is 21.6 Å². The van der Waals surface area contributed by atoms with Gasteiger partial charge >= 0.3 is 6.18 Å². The minimum Gasteiger partial charge on any atom is -0.326 e. The molecule has 2 aromatic carbocycles. The van der Waals surface area contributed by atoms with E-state index in [1.807, 2.05) is 6.07 Å². The molecule has 0 saturated carbocycles. The van der Waals surface area contributed by atoms with Crippen LogP contribution >= 0.6 is 34.8 Å². The summed E-state index contributed by atoms with van der Waals surface area (Å²) in [5.41, 5.74) is 4.73. The van der Waals surface area contributed by atoms with E-state index < -0.39 is 22.7 Å². The van der Waals surface area contributed by atoms with Crippen molar-refractivity contribution in [3.05, 3.63) is 81.6 Å². The first-order valence-electron chi connectivity index (χ1n) is 7.69. The Morgan fingerprint density at radius 2 is 1.71 bits per heavy atom. The number of aromatic nitrogens is 2. The van der Waals surface area contributed by atoms with Gasteiger partial charge in [-0.25, -0.2) is 4.68 Å². The van der Waals surface area contributed by atoms with E-state index in [9.17, 15) is 18.0 Å². The minimum absolute atomic E-state index is 0.203. The quantitative estimate of drug-likeness (QED) is 0.519. The molecule has 2 N–H and O–H groups in total. The van der Waals surface area contributed by atoms with Crippen molar-refractivity contribution in [3.8, 4) is 5.69 Å². The SMILES string of the molecule is NCc1ccc(Cl)c(Cl)c1.O=C(Cl)c1cnn(-c2ccccc2)c1C(F)(F)F. The van der Waals surface area contributed by atoms with Gasteiger partial charge < -0.3 is 5.73 Å². The molecule has 28 heavy (non-hydrogen) atoms. The van der Waals surface area contributed by atoms with Gasteiger partial charge in [0.25, 0.3) is 5.24 Å². The van der Waals surface area contributed by atoms with Crippen molar-refractivity contribution in [1.82, 2.24) is 9.78 Å². The predicted molar refractivity (Wildman–Crippen MR) is 103 cm³/mol. The zero-order valence-corrected chi connectivity index (χ0v) is 16.3. The Morgan fingerprint density at radius 1 is 1.07 bits per heavy atom. The molecule has 3 rings (SSSR count). The molecule has 0 atom stereocenters. The van der Waals surface area contributed by atoms with E-state index in [-0.39, 0.29) is 5.69 Å². The Bertz CT molecular complexity index is 960. The molecule has 1 aromatic heterocycles. The van der Waals surface area contributed by atoms with Gasteiger partial charge in [-0.3, -0.25) is 4.79 Å². The summed E-state index contributed by atoms with van der Waals surface area (Å²) in [6.45, 7) is 0.497. The summed E-state index contributed by atoms with van der Waals surface area (Å²) < 4.78 is 39.4. The summed E-state index contributed by atoms with van der Waals surface area (Å²) in [7, 11) is 0. The van der Waals surface area contributed by atoms with Crippen LogP contribution in [0.15, 0.2) is 54.7 Å². The predicted octanol–water partition coefficient (Wildman–Crippen LogP) is 5.72. The molecular formula is C18H13Cl3F3N3O. The summed E-state index contributed by atoms with van der Waals surface area (Å²) in [6.07, 6.45) is -3.91. The minimum atomic E-state index is -4.72. The summed E-state index contributed by atoms with van der Waals surface area (Å²) in [5.74, 6) is 0. The first-order chi connectivity index (χ1) is 13.1. The standard InChI is InChI=1S/C11H6ClF3N2O.C7H7Cl2N/c12-10(18)8-6-16-17(9(8)11(13,14)15)7-4-2-1-3-5-7;8-6-2-1-5(4-10)3-7(6)9/h1-6H;1-3H,4,10H2. The second kappa shape index (κ2) is 9.43. The highest BCUT2D eigenvalue weighted by Crippen LogP contribution is 2.34. The smallest absolute Gasteiger partial charge is 0.326 e. The van der Waals surface area contributed by atoms with Crippen LogP contribution in [0.25, 0.3) is 5.69 Å². The number of alkyl halides is 3. The maximum Gasteiger partial charge on any atom is 0.434 e. The molecule has 0 bridgehead atoms. The number of carbonyl (C=O) groups excluding carboxylic acids is 1. The molecule has 148 valence electrons. The van der Waals surface area contributed by atoms with E-state index in [2.05, 4.69) is 5.10 Å². The number of para-hydroxylation sites is 1. The van der Waals surface area contributed by atoms with E-state index in [1.165, 1.54) is 12.1 Å². The van der Waals surface area contributed by atoms with Gasteiger partial charge in [-0.05, 0) is 41.4 Å². The van der Waals surface area contributed by atoms with Crippen molar-refractivity contribution >= 4 is 40.0 Å². The number of rotatable bonds is 3. The molecule has 0 aliphatic carbocycles.